The van der Waals surface area contributed by atoms with Crippen LogP contribution in [0.25, 0.3) is 0 Å². The van der Waals surface area contributed by atoms with Crippen LogP contribution in [0.5, 0.6) is 0 Å². The normalized spacial score (nSPS) is 12.3. The second-order valence-electron chi connectivity index (χ2n) is 4.54. The van der Waals surface area contributed by atoms with Gasteiger partial charge in [-0.2, -0.15) is 0 Å². The van der Waals surface area contributed by atoms with E-state index < -0.39 is 6.10 Å². The molecule has 0 amide bonds. The van der Waals surface area contributed by atoms with Crippen molar-refractivity contribution in [3.63, 3.8) is 0 Å². The molecule has 1 atom stereocenters. The zero-order valence-electron chi connectivity index (χ0n) is 10.6. The largest absolute Gasteiger partial charge is 0.387 e. The Morgan fingerprint density at radius 3 is 2.33 bits per heavy atom. The first-order valence-electron chi connectivity index (χ1n) is 6.25. The highest BCUT2D eigenvalue weighted by molar-refractivity contribution is 5.21. The highest BCUT2D eigenvalue weighted by Crippen LogP contribution is 2.11. The molecule has 0 aliphatic carbocycles. The molecule has 2 heteroatoms. The first-order valence-corrected chi connectivity index (χ1v) is 6.25. The summed E-state index contributed by atoms with van der Waals surface area (Å²) >= 11 is 0. The Morgan fingerprint density at radius 1 is 1.00 bits per heavy atom. The maximum absolute atomic E-state index is 9.98. The maximum Gasteiger partial charge on any atom is 0.0914 e. The van der Waals surface area contributed by atoms with E-state index in [1.807, 2.05) is 30.3 Å². The molecule has 0 saturated heterocycles. The summed E-state index contributed by atoms with van der Waals surface area (Å²) in [6.07, 6.45) is -0.448. The molecular formula is C16H19NO. The van der Waals surface area contributed by atoms with E-state index in [0.29, 0.717) is 6.54 Å². The predicted octanol–water partition coefficient (Wildman–Crippen LogP) is 2.82. The van der Waals surface area contributed by atoms with Crippen molar-refractivity contribution in [3.8, 4) is 0 Å². The number of aliphatic hydroxyl groups excluding tert-OH is 1. The molecule has 0 bridgehead atoms. The second-order valence-corrected chi connectivity index (χ2v) is 4.54. The molecule has 0 heterocycles. The van der Waals surface area contributed by atoms with E-state index in [0.717, 1.165) is 12.1 Å². The van der Waals surface area contributed by atoms with Gasteiger partial charge in [-0.3, -0.25) is 0 Å². The molecule has 0 aliphatic heterocycles. The lowest BCUT2D eigenvalue weighted by molar-refractivity contribution is 0.174. The van der Waals surface area contributed by atoms with Crippen LogP contribution >= 0.6 is 0 Å². The Bertz CT molecular complexity index is 464. The Morgan fingerprint density at radius 2 is 1.67 bits per heavy atom. The van der Waals surface area contributed by atoms with Crippen molar-refractivity contribution >= 4 is 0 Å². The van der Waals surface area contributed by atoms with E-state index in [9.17, 15) is 5.11 Å². The SMILES string of the molecule is Cc1ccc(CNC[C@H](O)c2ccccc2)cc1. The summed E-state index contributed by atoms with van der Waals surface area (Å²) in [4.78, 5) is 0. The number of hydrogen-bond donors (Lipinski definition) is 2. The Hall–Kier alpha value is -1.64. The van der Waals surface area contributed by atoms with Gasteiger partial charge in [-0.1, -0.05) is 60.2 Å². The van der Waals surface area contributed by atoms with Gasteiger partial charge in [0, 0.05) is 13.1 Å². The molecule has 18 heavy (non-hydrogen) atoms. The third kappa shape index (κ3) is 3.69. The summed E-state index contributed by atoms with van der Waals surface area (Å²) in [5, 5.41) is 13.2. The average molecular weight is 241 g/mol. The minimum Gasteiger partial charge on any atom is -0.387 e. The highest BCUT2D eigenvalue weighted by atomic mass is 16.3. The van der Waals surface area contributed by atoms with Crippen molar-refractivity contribution in [3.05, 3.63) is 71.3 Å². The lowest BCUT2D eigenvalue weighted by atomic mass is 10.1. The van der Waals surface area contributed by atoms with Gasteiger partial charge in [-0.05, 0) is 18.1 Å². The van der Waals surface area contributed by atoms with Crippen LogP contribution in [0.3, 0.4) is 0 Å². The summed E-state index contributed by atoms with van der Waals surface area (Å²) in [6.45, 7) is 3.43. The van der Waals surface area contributed by atoms with Crippen LogP contribution in [-0.4, -0.2) is 11.7 Å². The van der Waals surface area contributed by atoms with Gasteiger partial charge in [0.25, 0.3) is 0 Å². The van der Waals surface area contributed by atoms with Crippen molar-refractivity contribution in [2.45, 2.75) is 19.6 Å². The van der Waals surface area contributed by atoms with Crippen LogP contribution in [0, 0.1) is 6.92 Å². The molecule has 0 fully saturated rings. The van der Waals surface area contributed by atoms with Crippen molar-refractivity contribution in [1.29, 1.82) is 0 Å². The highest BCUT2D eigenvalue weighted by Gasteiger charge is 2.05. The summed E-state index contributed by atoms with van der Waals surface area (Å²) < 4.78 is 0. The molecule has 2 aromatic rings. The van der Waals surface area contributed by atoms with E-state index in [1.165, 1.54) is 11.1 Å². The fourth-order valence-electron chi connectivity index (χ4n) is 1.85. The number of benzene rings is 2. The quantitative estimate of drug-likeness (QED) is 0.843. The number of aliphatic hydroxyl groups is 1. The molecule has 94 valence electrons. The number of aryl methyl sites for hydroxylation is 1. The molecule has 2 rings (SSSR count). The number of nitrogens with one attached hydrogen (secondary N) is 1. The topological polar surface area (TPSA) is 32.3 Å². The van der Waals surface area contributed by atoms with Crippen LogP contribution < -0.4 is 5.32 Å². The minimum atomic E-state index is -0.448. The zero-order valence-corrected chi connectivity index (χ0v) is 10.6. The standard InChI is InChI=1S/C16H19NO/c1-13-7-9-14(10-8-13)11-17-12-16(18)15-5-3-2-4-6-15/h2-10,16-18H,11-12H2,1H3/t16-/m0/s1. The molecular weight excluding hydrogens is 222 g/mol. The van der Waals surface area contributed by atoms with Crippen LogP contribution in [0.15, 0.2) is 54.6 Å². The van der Waals surface area contributed by atoms with E-state index in [1.54, 1.807) is 0 Å². The molecule has 2 aromatic carbocycles. The first kappa shape index (κ1) is 12.8. The molecule has 0 aromatic heterocycles. The fourth-order valence-corrected chi connectivity index (χ4v) is 1.85. The van der Waals surface area contributed by atoms with Crippen molar-refractivity contribution in [2.24, 2.45) is 0 Å². The van der Waals surface area contributed by atoms with Gasteiger partial charge in [-0.15, -0.1) is 0 Å². The molecule has 0 spiro atoms. The summed E-state index contributed by atoms with van der Waals surface area (Å²) in [7, 11) is 0. The lowest BCUT2D eigenvalue weighted by Gasteiger charge is -2.12. The van der Waals surface area contributed by atoms with Crippen LogP contribution in [0.4, 0.5) is 0 Å². The van der Waals surface area contributed by atoms with Crippen LogP contribution in [-0.2, 0) is 6.54 Å². The van der Waals surface area contributed by atoms with Crippen molar-refractivity contribution in [1.82, 2.24) is 5.32 Å². The smallest absolute Gasteiger partial charge is 0.0914 e. The first-order chi connectivity index (χ1) is 8.75. The van der Waals surface area contributed by atoms with Gasteiger partial charge in [0.05, 0.1) is 6.10 Å². The summed E-state index contributed by atoms with van der Waals surface area (Å²) in [5.74, 6) is 0. The monoisotopic (exact) mass is 241 g/mol. The van der Waals surface area contributed by atoms with E-state index in [-0.39, 0.29) is 0 Å². The predicted molar refractivity (Wildman–Crippen MR) is 74.3 cm³/mol. The number of hydrogen-bond acceptors (Lipinski definition) is 2. The van der Waals surface area contributed by atoms with Crippen molar-refractivity contribution < 1.29 is 5.11 Å². The summed E-state index contributed by atoms with van der Waals surface area (Å²) in [5.41, 5.74) is 3.46. The average Bonchev–Trinajstić information content (AvgIpc) is 2.42. The third-order valence-corrected chi connectivity index (χ3v) is 2.97. The van der Waals surface area contributed by atoms with Gasteiger partial charge in [0.2, 0.25) is 0 Å². The molecule has 0 radical (unpaired) electrons. The third-order valence-electron chi connectivity index (χ3n) is 2.97. The molecule has 2 nitrogen and oxygen atoms in total. The Labute approximate surface area is 108 Å². The lowest BCUT2D eigenvalue weighted by Crippen LogP contribution is -2.20. The number of rotatable bonds is 5. The van der Waals surface area contributed by atoms with Gasteiger partial charge >= 0.3 is 0 Å². The Kier molecular flexibility index (Phi) is 4.51. The van der Waals surface area contributed by atoms with E-state index >= 15 is 0 Å². The van der Waals surface area contributed by atoms with Gasteiger partial charge in [0.1, 0.15) is 0 Å². The molecule has 2 N–H and O–H groups in total. The Balaban J connectivity index is 1.80. The zero-order chi connectivity index (χ0) is 12.8. The van der Waals surface area contributed by atoms with Crippen LogP contribution in [0.1, 0.15) is 22.8 Å². The van der Waals surface area contributed by atoms with Gasteiger partial charge in [0.15, 0.2) is 0 Å². The molecule has 0 unspecified atom stereocenters. The maximum atomic E-state index is 9.98. The van der Waals surface area contributed by atoms with E-state index in [2.05, 4.69) is 36.5 Å². The molecule has 0 aliphatic rings. The summed E-state index contributed by atoms with van der Waals surface area (Å²) in [6, 6.07) is 18.1. The second kappa shape index (κ2) is 6.34. The van der Waals surface area contributed by atoms with Crippen molar-refractivity contribution in [2.75, 3.05) is 6.54 Å². The van der Waals surface area contributed by atoms with Gasteiger partial charge in [-0.25, -0.2) is 0 Å². The van der Waals surface area contributed by atoms with Crippen LogP contribution in [0.2, 0.25) is 0 Å². The fraction of sp³-hybridized carbons (Fsp3) is 0.250. The minimum absolute atomic E-state index is 0.448. The van der Waals surface area contributed by atoms with E-state index in [4.69, 9.17) is 0 Å². The van der Waals surface area contributed by atoms with Gasteiger partial charge < -0.3 is 10.4 Å². The molecule has 0 saturated carbocycles.